The quantitative estimate of drug-likeness (QED) is 0.366. The van der Waals surface area contributed by atoms with Crippen molar-refractivity contribution in [1.29, 1.82) is 0 Å². The molecule has 6 N–H and O–H groups in total. The number of benzene rings is 1. The fourth-order valence-electron chi connectivity index (χ4n) is 4.78. The second-order valence-electron chi connectivity index (χ2n) is 9.03. The number of nitrogens with zero attached hydrogens (tertiary/aromatic N) is 3. The van der Waals surface area contributed by atoms with Gasteiger partial charge in [0.1, 0.15) is 11.6 Å². The van der Waals surface area contributed by atoms with Crippen molar-refractivity contribution in [2.24, 2.45) is 11.1 Å². The Balaban J connectivity index is 1.29. The summed E-state index contributed by atoms with van der Waals surface area (Å²) in [5.74, 6) is 0.695. The second kappa shape index (κ2) is 9.18. The third-order valence-electron chi connectivity index (χ3n) is 6.72. The number of para-hydroxylation sites is 2. The first-order valence-electron chi connectivity index (χ1n) is 11.6. The smallest absolute Gasteiger partial charge is 0.252 e. The molecule has 2 aliphatic heterocycles. The Morgan fingerprint density at radius 1 is 0.971 bits per heavy atom. The lowest BCUT2D eigenvalue weighted by molar-refractivity contribution is 0.100. The van der Waals surface area contributed by atoms with Gasteiger partial charge in [-0.2, -0.15) is 0 Å². The topological polar surface area (TPSA) is 120 Å². The number of anilines is 6. The summed E-state index contributed by atoms with van der Waals surface area (Å²) in [6.45, 7) is 4.44. The third kappa shape index (κ3) is 4.47. The summed E-state index contributed by atoms with van der Waals surface area (Å²) in [5, 5.41) is 13.1. The van der Waals surface area contributed by atoms with E-state index < -0.39 is 5.91 Å². The van der Waals surface area contributed by atoms with E-state index in [-0.39, 0.29) is 0 Å². The van der Waals surface area contributed by atoms with E-state index in [4.69, 9.17) is 5.73 Å². The molecule has 0 atom stereocenters. The van der Waals surface area contributed by atoms with Gasteiger partial charge in [0, 0.05) is 37.8 Å². The van der Waals surface area contributed by atoms with E-state index in [0.29, 0.717) is 28.3 Å². The summed E-state index contributed by atoms with van der Waals surface area (Å²) in [5.41, 5.74) is 9.80. The lowest BCUT2D eigenvalue weighted by Crippen LogP contribution is -2.60. The zero-order valence-corrected chi connectivity index (χ0v) is 19.3. The molecule has 1 spiro atoms. The third-order valence-corrected chi connectivity index (χ3v) is 6.72. The average molecular weight is 459 g/mol. The van der Waals surface area contributed by atoms with Crippen molar-refractivity contribution in [2.75, 3.05) is 54.1 Å². The molecule has 34 heavy (non-hydrogen) atoms. The highest BCUT2D eigenvalue weighted by Gasteiger charge is 2.43. The normalized spacial score (nSPS) is 16.6. The molecule has 2 aliphatic rings. The highest BCUT2D eigenvalue weighted by Crippen LogP contribution is 2.41. The van der Waals surface area contributed by atoms with Crippen molar-refractivity contribution in [3.63, 3.8) is 0 Å². The molecule has 9 nitrogen and oxygen atoms in total. The maximum Gasteiger partial charge on any atom is 0.252 e. The summed E-state index contributed by atoms with van der Waals surface area (Å²) in [7, 11) is 1.84. The maximum absolute atomic E-state index is 12.0. The first kappa shape index (κ1) is 22.0. The molecule has 1 amide bonds. The van der Waals surface area contributed by atoms with Crippen LogP contribution in [0.2, 0.25) is 0 Å². The minimum Gasteiger partial charge on any atom is -0.386 e. The van der Waals surface area contributed by atoms with Gasteiger partial charge in [-0.05, 0) is 50.2 Å². The highest BCUT2D eigenvalue weighted by atomic mass is 16.1. The fraction of sp³-hybridized carbons (Fsp3) is 0.320. The van der Waals surface area contributed by atoms with Crippen LogP contribution in [-0.4, -0.2) is 49.1 Å². The van der Waals surface area contributed by atoms with Gasteiger partial charge in [0.2, 0.25) is 0 Å². The number of amides is 1. The Labute approximate surface area is 199 Å². The largest absolute Gasteiger partial charge is 0.386 e. The number of aromatic nitrogens is 2. The Kier molecular flexibility index (Phi) is 5.93. The van der Waals surface area contributed by atoms with Crippen LogP contribution < -0.4 is 31.9 Å². The number of nitrogens with two attached hydrogens (primary N) is 1. The number of carbonyl (C=O) groups is 1. The van der Waals surface area contributed by atoms with Crippen LogP contribution in [0.1, 0.15) is 23.2 Å². The van der Waals surface area contributed by atoms with Crippen molar-refractivity contribution in [3.05, 3.63) is 60.4 Å². The number of piperidine rings is 1. The van der Waals surface area contributed by atoms with Gasteiger partial charge in [0.15, 0.2) is 0 Å². The first-order chi connectivity index (χ1) is 16.5. The summed E-state index contributed by atoms with van der Waals surface area (Å²) >= 11 is 0. The van der Waals surface area contributed by atoms with E-state index in [1.54, 1.807) is 6.07 Å². The molecule has 0 saturated carbocycles. The van der Waals surface area contributed by atoms with Gasteiger partial charge in [-0.1, -0.05) is 12.1 Å². The predicted octanol–water partition coefficient (Wildman–Crippen LogP) is 3.29. The minimum absolute atomic E-state index is 0.310. The van der Waals surface area contributed by atoms with Crippen molar-refractivity contribution in [2.45, 2.75) is 12.8 Å². The summed E-state index contributed by atoms with van der Waals surface area (Å²) in [6.07, 6.45) is 5.87. The number of hydrogen-bond donors (Lipinski definition) is 5. The van der Waals surface area contributed by atoms with Gasteiger partial charge >= 0.3 is 0 Å². The number of pyridine rings is 2. The van der Waals surface area contributed by atoms with Gasteiger partial charge < -0.3 is 31.9 Å². The summed E-state index contributed by atoms with van der Waals surface area (Å²) in [4.78, 5) is 23.3. The van der Waals surface area contributed by atoms with Gasteiger partial charge in [0.05, 0.1) is 34.5 Å². The summed E-state index contributed by atoms with van der Waals surface area (Å²) in [6, 6.07) is 13.5. The molecule has 4 heterocycles. The van der Waals surface area contributed by atoms with Crippen LogP contribution in [0, 0.1) is 5.41 Å². The molecular weight excluding hydrogens is 428 g/mol. The van der Waals surface area contributed by atoms with Crippen LogP contribution in [0.5, 0.6) is 0 Å². The zero-order chi connectivity index (χ0) is 23.5. The monoisotopic (exact) mass is 458 g/mol. The van der Waals surface area contributed by atoms with Crippen molar-refractivity contribution >= 4 is 40.3 Å². The van der Waals surface area contributed by atoms with Crippen LogP contribution >= 0.6 is 0 Å². The van der Waals surface area contributed by atoms with Crippen molar-refractivity contribution < 1.29 is 4.79 Å². The Morgan fingerprint density at radius 2 is 1.71 bits per heavy atom. The minimum atomic E-state index is -0.549. The number of carbonyl (C=O) groups excluding carboxylic acids is 1. The number of primary amides is 1. The fourth-order valence-corrected chi connectivity index (χ4v) is 4.78. The van der Waals surface area contributed by atoms with E-state index in [9.17, 15) is 4.79 Å². The predicted molar refractivity (Wildman–Crippen MR) is 136 cm³/mol. The second-order valence-corrected chi connectivity index (χ2v) is 9.03. The molecule has 3 aromatic rings. The average Bonchev–Trinajstić information content (AvgIpc) is 2.84. The van der Waals surface area contributed by atoms with E-state index in [1.807, 2.05) is 43.6 Å². The Bertz CT molecular complexity index is 1170. The maximum atomic E-state index is 12.0. The molecular formula is C25H30N8O. The lowest BCUT2D eigenvalue weighted by Gasteiger charge is -2.53. The number of nitrogens with one attached hydrogen (secondary N) is 4. The van der Waals surface area contributed by atoms with Crippen LogP contribution in [0.25, 0.3) is 0 Å². The Hall–Kier alpha value is -3.85. The molecule has 176 valence electrons. The standard InChI is InChI=1S/C25H30N8O/c1-27-19-4-2-3-5-20(19)31-21-12-23(30-14-18(21)24(26)34)32-22-7-6-17(13-29-22)33-15-25(16-33)8-10-28-11-9-25/h2-7,12-14,27-28H,8-11,15-16H2,1H3,(H2,26,34)(H2,29,30,31,32). The molecule has 0 unspecified atom stereocenters. The van der Waals surface area contributed by atoms with Gasteiger partial charge in [-0.15, -0.1) is 0 Å². The lowest BCUT2D eigenvalue weighted by atomic mass is 9.72. The van der Waals surface area contributed by atoms with Crippen molar-refractivity contribution in [1.82, 2.24) is 15.3 Å². The molecule has 5 rings (SSSR count). The van der Waals surface area contributed by atoms with Gasteiger partial charge in [-0.3, -0.25) is 4.79 Å². The highest BCUT2D eigenvalue weighted by molar-refractivity contribution is 6.00. The Morgan fingerprint density at radius 3 is 2.38 bits per heavy atom. The van der Waals surface area contributed by atoms with Crippen LogP contribution in [0.15, 0.2) is 54.9 Å². The molecule has 9 heteroatoms. The molecule has 2 saturated heterocycles. The van der Waals surface area contributed by atoms with E-state index in [2.05, 4.69) is 42.2 Å². The number of hydrogen-bond acceptors (Lipinski definition) is 8. The molecule has 0 bridgehead atoms. The number of rotatable bonds is 7. The van der Waals surface area contributed by atoms with Crippen LogP contribution in [0.3, 0.4) is 0 Å². The molecule has 1 aromatic carbocycles. The SMILES string of the molecule is CNc1ccccc1Nc1cc(Nc2ccc(N3CC4(CCNCC4)C3)cn2)ncc1C(N)=O. The van der Waals surface area contributed by atoms with E-state index in [0.717, 1.165) is 43.2 Å². The molecule has 2 fully saturated rings. The molecule has 2 aromatic heterocycles. The summed E-state index contributed by atoms with van der Waals surface area (Å²) < 4.78 is 0. The first-order valence-corrected chi connectivity index (χ1v) is 11.6. The van der Waals surface area contributed by atoms with Crippen LogP contribution in [0.4, 0.5) is 34.4 Å². The molecule has 0 aliphatic carbocycles. The molecule has 0 radical (unpaired) electrons. The van der Waals surface area contributed by atoms with E-state index in [1.165, 1.54) is 19.0 Å². The van der Waals surface area contributed by atoms with Gasteiger partial charge in [-0.25, -0.2) is 9.97 Å². The zero-order valence-electron chi connectivity index (χ0n) is 19.3. The van der Waals surface area contributed by atoms with Gasteiger partial charge in [0.25, 0.3) is 5.91 Å². The van der Waals surface area contributed by atoms with E-state index >= 15 is 0 Å². The van der Waals surface area contributed by atoms with Crippen molar-refractivity contribution in [3.8, 4) is 0 Å². The van der Waals surface area contributed by atoms with Crippen LogP contribution in [-0.2, 0) is 0 Å².